The Morgan fingerprint density at radius 1 is 0.925 bits per heavy atom. The monoisotopic (exact) mass is 562 g/mol. The standard InChI is InChI=1S/C32H35ClN2O5/c1-5-39-29(37)32(19-24-12-11-23(18-25(24)20-32)22-13-15-26(33)16-14-22)35-28(36)27(17-21-9-7-6-8-10-21)34-30(38)40-31(2,3)4/h6-16,18,27H,5,17,19-20H2,1-4H3,(H,34,38)(H,35,36)/t27-,32?/m0/s1. The minimum Gasteiger partial charge on any atom is -0.464 e. The number of esters is 1. The predicted octanol–water partition coefficient (Wildman–Crippen LogP) is 5.66. The number of nitrogens with one attached hydrogen (secondary N) is 2. The van der Waals surface area contributed by atoms with Crippen molar-refractivity contribution in [1.82, 2.24) is 10.6 Å². The maximum Gasteiger partial charge on any atom is 0.408 e. The Hall–Kier alpha value is -3.84. The number of alkyl carbamates (subject to hydrolysis) is 1. The third kappa shape index (κ3) is 7.21. The molecule has 0 fully saturated rings. The first kappa shape index (κ1) is 29.2. The Morgan fingerprint density at radius 2 is 1.57 bits per heavy atom. The van der Waals surface area contributed by atoms with Crippen LogP contribution in [0.5, 0.6) is 0 Å². The first-order chi connectivity index (χ1) is 19.0. The van der Waals surface area contributed by atoms with E-state index in [-0.39, 0.29) is 25.9 Å². The van der Waals surface area contributed by atoms with Gasteiger partial charge in [-0.2, -0.15) is 0 Å². The van der Waals surface area contributed by atoms with E-state index in [0.717, 1.165) is 27.8 Å². The molecular formula is C32H35ClN2O5. The Kier molecular flexibility index (Phi) is 8.84. The van der Waals surface area contributed by atoms with Crippen LogP contribution in [-0.4, -0.2) is 41.8 Å². The molecule has 2 amide bonds. The molecule has 1 unspecified atom stereocenters. The third-order valence-electron chi connectivity index (χ3n) is 6.69. The molecule has 0 heterocycles. The first-order valence-electron chi connectivity index (χ1n) is 13.4. The molecule has 0 saturated heterocycles. The van der Waals surface area contributed by atoms with Crippen molar-refractivity contribution in [2.75, 3.05) is 6.61 Å². The summed E-state index contributed by atoms with van der Waals surface area (Å²) >= 11 is 6.06. The lowest BCUT2D eigenvalue weighted by molar-refractivity contribution is -0.153. The van der Waals surface area contributed by atoms with E-state index in [1.165, 1.54) is 0 Å². The fourth-order valence-electron chi connectivity index (χ4n) is 4.88. The zero-order chi connectivity index (χ0) is 28.9. The van der Waals surface area contributed by atoms with E-state index in [4.69, 9.17) is 21.1 Å². The summed E-state index contributed by atoms with van der Waals surface area (Å²) in [6, 6.07) is 21.9. The highest BCUT2D eigenvalue weighted by Crippen LogP contribution is 2.35. The molecule has 0 saturated carbocycles. The van der Waals surface area contributed by atoms with Crippen molar-refractivity contribution in [2.24, 2.45) is 0 Å². The number of hydrogen-bond acceptors (Lipinski definition) is 5. The van der Waals surface area contributed by atoms with Crippen LogP contribution in [0.1, 0.15) is 44.4 Å². The molecule has 7 nitrogen and oxygen atoms in total. The minimum atomic E-state index is -1.31. The van der Waals surface area contributed by atoms with Gasteiger partial charge >= 0.3 is 12.1 Å². The van der Waals surface area contributed by atoms with Gasteiger partial charge in [-0.15, -0.1) is 0 Å². The lowest BCUT2D eigenvalue weighted by Gasteiger charge is -2.30. The van der Waals surface area contributed by atoms with Gasteiger partial charge in [-0.1, -0.05) is 72.3 Å². The number of benzene rings is 3. The number of rotatable bonds is 8. The van der Waals surface area contributed by atoms with Crippen LogP contribution in [0.25, 0.3) is 11.1 Å². The molecule has 0 bridgehead atoms. The molecular weight excluding hydrogens is 528 g/mol. The van der Waals surface area contributed by atoms with E-state index in [1.807, 2.05) is 72.8 Å². The highest BCUT2D eigenvalue weighted by atomic mass is 35.5. The Labute approximate surface area is 240 Å². The predicted molar refractivity (Wildman–Crippen MR) is 155 cm³/mol. The van der Waals surface area contributed by atoms with Crippen molar-refractivity contribution in [2.45, 2.75) is 64.1 Å². The van der Waals surface area contributed by atoms with Crippen LogP contribution in [0.4, 0.5) is 4.79 Å². The highest BCUT2D eigenvalue weighted by Gasteiger charge is 2.47. The molecule has 3 aromatic carbocycles. The fraction of sp³-hybridized carbons (Fsp3) is 0.344. The number of carbonyl (C=O) groups excluding carboxylic acids is 3. The average Bonchev–Trinajstić information content (AvgIpc) is 3.27. The molecule has 1 aliphatic carbocycles. The lowest BCUT2D eigenvalue weighted by atomic mass is 9.94. The van der Waals surface area contributed by atoms with Gasteiger partial charge in [0, 0.05) is 24.3 Å². The van der Waals surface area contributed by atoms with E-state index in [2.05, 4.69) is 10.6 Å². The van der Waals surface area contributed by atoms with Crippen LogP contribution in [0.3, 0.4) is 0 Å². The zero-order valence-corrected chi connectivity index (χ0v) is 24.0. The number of carbonyl (C=O) groups is 3. The molecule has 1 aliphatic rings. The molecule has 0 aliphatic heterocycles. The van der Waals surface area contributed by atoms with Gasteiger partial charge in [0.25, 0.3) is 0 Å². The van der Waals surface area contributed by atoms with Crippen LogP contribution < -0.4 is 10.6 Å². The molecule has 0 radical (unpaired) electrons. The summed E-state index contributed by atoms with van der Waals surface area (Å²) in [7, 11) is 0. The minimum absolute atomic E-state index is 0.173. The Morgan fingerprint density at radius 3 is 2.23 bits per heavy atom. The molecule has 8 heteroatoms. The van der Waals surface area contributed by atoms with Crippen molar-refractivity contribution in [3.8, 4) is 11.1 Å². The summed E-state index contributed by atoms with van der Waals surface area (Å²) in [5.74, 6) is -1.00. The van der Waals surface area contributed by atoms with Crippen molar-refractivity contribution >= 4 is 29.6 Å². The zero-order valence-electron chi connectivity index (χ0n) is 23.3. The number of ether oxygens (including phenoxy) is 2. The summed E-state index contributed by atoms with van der Waals surface area (Å²) in [4.78, 5) is 39.9. The third-order valence-corrected chi connectivity index (χ3v) is 6.94. The number of amides is 2. The summed E-state index contributed by atoms with van der Waals surface area (Å²) in [6.07, 6.45) is 0.0476. The van der Waals surface area contributed by atoms with Crippen LogP contribution in [0, 0.1) is 0 Å². The smallest absolute Gasteiger partial charge is 0.408 e. The number of halogens is 1. The lowest BCUT2D eigenvalue weighted by Crippen LogP contribution is -2.61. The summed E-state index contributed by atoms with van der Waals surface area (Å²) < 4.78 is 10.9. The summed E-state index contributed by atoms with van der Waals surface area (Å²) in [5.41, 5.74) is 2.68. The first-order valence-corrected chi connectivity index (χ1v) is 13.8. The summed E-state index contributed by atoms with van der Waals surface area (Å²) in [6.45, 7) is 7.16. The average molecular weight is 563 g/mol. The van der Waals surface area contributed by atoms with Crippen LogP contribution in [0.15, 0.2) is 72.8 Å². The largest absolute Gasteiger partial charge is 0.464 e. The Balaban J connectivity index is 1.61. The molecule has 40 heavy (non-hydrogen) atoms. The second-order valence-corrected chi connectivity index (χ2v) is 11.5. The van der Waals surface area contributed by atoms with Gasteiger partial charge < -0.3 is 20.1 Å². The molecule has 3 aromatic rings. The molecule has 0 spiro atoms. The van der Waals surface area contributed by atoms with Gasteiger partial charge in [0.05, 0.1) is 6.61 Å². The van der Waals surface area contributed by atoms with E-state index in [1.54, 1.807) is 27.7 Å². The topological polar surface area (TPSA) is 93.7 Å². The van der Waals surface area contributed by atoms with Gasteiger partial charge in [0.2, 0.25) is 5.91 Å². The SMILES string of the molecule is CCOC(=O)C1(NC(=O)[C@H](Cc2ccccc2)NC(=O)OC(C)(C)C)Cc2ccc(-c3ccc(Cl)cc3)cc2C1. The van der Waals surface area contributed by atoms with Crippen molar-refractivity contribution in [3.05, 3.63) is 94.5 Å². The van der Waals surface area contributed by atoms with Gasteiger partial charge in [0.1, 0.15) is 17.2 Å². The van der Waals surface area contributed by atoms with Crippen molar-refractivity contribution in [1.29, 1.82) is 0 Å². The molecule has 210 valence electrons. The number of fused-ring (bicyclic) bond motifs is 1. The quantitative estimate of drug-likeness (QED) is 0.346. The van der Waals surface area contributed by atoms with Gasteiger partial charge in [-0.25, -0.2) is 9.59 Å². The fourth-order valence-corrected chi connectivity index (χ4v) is 5.01. The van der Waals surface area contributed by atoms with E-state index >= 15 is 0 Å². The van der Waals surface area contributed by atoms with Crippen molar-refractivity contribution in [3.63, 3.8) is 0 Å². The van der Waals surface area contributed by atoms with Crippen LogP contribution in [-0.2, 0) is 38.3 Å². The molecule has 4 rings (SSSR count). The van der Waals surface area contributed by atoms with E-state index in [0.29, 0.717) is 5.02 Å². The maximum absolute atomic E-state index is 13.8. The van der Waals surface area contributed by atoms with Crippen molar-refractivity contribution < 1.29 is 23.9 Å². The van der Waals surface area contributed by atoms with Gasteiger partial charge in [0.15, 0.2) is 0 Å². The second kappa shape index (κ2) is 12.1. The molecule has 0 aromatic heterocycles. The Bertz CT molecular complexity index is 1370. The van der Waals surface area contributed by atoms with Gasteiger partial charge in [-0.3, -0.25) is 4.79 Å². The maximum atomic E-state index is 13.8. The highest BCUT2D eigenvalue weighted by molar-refractivity contribution is 6.30. The normalized spacial score (nSPS) is 16.9. The summed E-state index contributed by atoms with van der Waals surface area (Å²) in [5, 5.41) is 6.33. The van der Waals surface area contributed by atoms with Crippen LogP contribution >= 0.6 is 11.6 Å². The van der Waals surface area contributed by atoms with Crippen LogP contribution in [0.2, 0.25) is 5.02 Å². The number of hydrogen-bond donors (Lipinski definition) is 2. The van der Waals surface area contributed by atoms with E-state index in [9.17, 15) is 14.4 Å². The molecule has 2 atom stereocenters. The molecule has 2 N–H and O–H groups in total. The second-order valence-electron chi connectivity index (χ2n) is 11.0. The van der Waals surface area contributed by atoms with Gasteiger partial charge in [-0.05, 0) is 67.6 Å². The van der Waals surface area contributed by atoms with E-state index < -0.39 is 35.2 Å².